The van der Waals surface area contributed by atoms with Crippen LogP contribution >= 0.6 is 0 Å². The van der Waals surface area contributed by atoms with Crippen molar-refractivity contribution < 1.29 is 27.4 Å². The van der Waals surface area contributed by atoms with Gasteiger partial charge in [0, 0.05) is 32.4 Å². The van der Waals surface area contributed by atoms with Crippen LogP contribution in [0.25, 0.3) is 0 Å². The molecule has 0 saturated carbocycles. The van der Waals surface area contributed by atoms with E-state index in [0.29, 0.717) is 37.9 Å². The molecule has 0 radical (unpaired) electrons. The first-order valence-corrected chi connectivity index (χ1v) is 9.32. The topological polar surface area (TPSA) is 74.3 Å². The Morgan fingerprint density at radius 2 is 1.46 bits per heavy atom. The van der Waals surface area contributed by atoms with Crippen molar-refractivity contribution in [1.29, 1.82) is 0 Å². The highest BCUT2D eigenvalue weighted by Crippen LogP contribution is 2.30. The molecule has 0 amide bonds. The fourth-order valence-electron chi connectivity index (χ4n) is 2.10. The van der Waals surface area contributed by atoms with Gasteiger partial charge in [0.05, 0.1) is 32.3 Å². The molecule has 0 atom stereocenters. The van der Waals surface area contributed by atoms with E-state index in [1.807, 2.05) is 13.8 Å². The van der Waals surface area contributed by atoms with Gasteiger partial charge < -0.3 is 18.9 Å². The lowest BCUT2D eigenvalue weighted by Gasteiger charge is -2.22. The van der Waals surface area contributed by atoms with Crippen molar-refractivity contribution in [1.82, 2.24) is 4.31 Å². The van der Waals surface area contributed by atoms with Crippen LogP contribution in [-0.4, -0.2) is 66.5 Å². The molecule has 0 unspecified atom stereocenters. The summed E-state index contributed by atoms with van der Waals surface area (Å²) in [5, 5.41) is 0. The molecule has 0 fully saturated rings. The summed E-state index contributed by atoms with van der Waals surface area (Å²) in [6.45, 7) is 5.99. The van der Waals surface area contributed by atoms with Gasteiger partial charge in [0.2, 0.25) is 10.0 Å². The largest absolute Gasteiger partial charge is 0.493 e. The molecule has 0 aliphatic carbocycles. The van der Waals surface area contributed by atoms with Crippen LogP contribution in [-0.2, 0) is 19.5 Å². The van der Waals surface area contributed by atoms with Crippen molar-refractivity contribution in [3.63, 3.8) is 0 Å². The van der Waals surface area contributed by atoms with Crippen LogP contribution in [0.1, 0.15) is 13.8 Å². The first kappa shape index (κ1) is 20.7. The summed E-state index contributed by atoms with van der Waals surface area (Å²) in [4.78, 5) is 0.146. The number of sulfonamides is 1. The van der Waals surface area contributed by atoms with E-state index in [0.717, 1.165) is 0 Å². The van der Waals surface area contributed by atoms with Gasteiger partial charge in [-0.15, -0.1) is 0 Å². The Morgan fingerprint density at radius 3 is 1.92 bits per heavy atom. The Hall–Kier alpha value is -1.35. The highest BCUT2D eigenvalue weighted by atomic mass is 32.2. The molecule has 0 saturated heterocycles. The van der Waals surface area contributed by atoms with E-state index in [1.165, 1.54) is 30.7 Å². The highest BCUT2D eigenvalue weighted by molar-refractivity contribution is 7.89. The van der Waals surface area contributed by atoms with Crippen LogP contribution in [0, 0.1) is 0 Å². The van der Waals surface area contributed by atoms with E-state index in [-0.39, 0.29) is 18.0 Å². The van der Waals surface area contributed by atoms with Gasteiger partial charge in [-0.3, -0.25) is 0 Å². The fourth-order valence-corrected chi connectivity index (χ4v) is 3.52. The summed E-state index contributed by atoms with van der Waals surface area (Å²) < 4.78 is 48.1. The van der Waals surface area contributed by atoms with Crippen LogP contribution in [0.2, 0.25) is 0 Å². The SMILES string of the molecule is CCOCCN(CCOCC)S(=O)(=O)c1ccc(OC)c(OC)c1. The normalized spacial score (nSPS) is 11.7. The van der Waals surface area contributed by atoms with Crippen LogP contribution in [0.4, 0.5) is 0 Å². The zero-order chi connectivity index (χ0) is 18.0. The Morgan fingerprint density at radius 1 is 0.917 bits per heavy atom. The Labute approximate surface area is 144 Å². The lowest BCUT2D eigenvalue weighted by molar-refractivity contribution is 0.110. The first-order valence-electron chi connectivity index (χ1n) is 7.88. The molecule has 0 aromatic heterocycles. The highest BCUT2D eigenvalue weighted by Gasteiger charge is 2.25. The monoisotopic (exact) mass is 361 g/mol. The molecule has 7 nitrogen and oxygen atoms in total. The predicted octanol–water partition coefficient (Wildman–Crippen LogP) is 1.77. The smallest absolute Gasteiger partial charge is 0.243 e. The van der Waals surface area contributed by atoms with Gasteiger partial charge in [0.15, 0.2) is 11.5 Å². The van der Waals surface area contributed by atoms with Crippen molar-refractivity contribution >= 4 is 10.0 Å². The number of ether oxygens (including phenoxy) is 4. The summed E-state index contributed by atoms with van der Waals surface area (Å²) >= 11 is 0. The number of benzene rings is 1. The molecule has 0 aliphatic rings. The van der Waals surface area contributed by atoms with Crippen molar-refractivity contribution in [2.75, 3.05) is 53.7 Å². The minimum Gasteiger partial charge on any atom is -0.493 e. The average Bonchev–Trinajstić information content (AvgIpc) is 2.59. The van der Waals surface area contributed by atoms with Gasteiger partial charge in [0.1, 0.15) is 0 Å². The van der Waals surface area contributed by atoms with Gasteiger partial charge in [0.25, 0.3) is 0 Å². The number of methoxy groups -OCH3 is 2. The molecule has 8 heteroatoms. The Kier molecular flexibility index (Phi) is 9.05. The van der Waals surface area contributed by atoms with Crippen LogP contribution in [0.15, 0.2) is 23.1 Å². The maximum absolute atomic E-state index is 12.9. The summed E-state index contributed by atoms with van der Waals surface area (Å²) in [7, 11) is -0.711. The average molecular weight is 361 g/mol. The quantitative estimate of drug-likeness (QED) is 0.528. The second-order valence-electron chi connectivity index (χ2n) is 4.81. The molecule has 1 aromatic carbocycles. The zero-order valence-corrected chi connectivity index (χ0v) is 15.6. The molecule has 0 heterocycles. The van der Waals surface area contributed by atoms with Crippen LogP contribution in [0.5, 0.6) is 11.5 Å². The molecule has 138 valence electrons. The molecule has 1 rings (SSSR count). The fraction of sp³-hybridized carbons (Fsp3) is 0.625. The Balaban J connectivity index is 3.04. The van der Waals surface area contributed by atoms with Gasteiger partial charge in [-0.1, -0.05) is 0 Å². The van der Waals surface area contributed by atoms with Gasteiger partial charge in [-0.05, 0) is 26.0 Å². The van der Waals surface area contributed by atoms with E-state index in [9.17, 15) is 8.42 Å². The predicted molar refractivity (Wildman–Crippen MR) is 91.3 cm³/mol. The second-order valence-corrected chi connectivity index (χ2v) is 6.75. The number of hydrogen-bond acceptors (Lipinski definition) is 6. The lowest BCUT2D eigenvalue weighted by atomic mass is 10.3. The van der Waals surface area contributed by atoms with Crippen molar-refractivity contribution in [3.8, 4) is 11.5 Å². The van der Waals surface area contributed by atoms with Gasteiger partial charge in [-0.2, -0.15) is 4.31 Å². The van der Waals surface area contributed by atoms with Gasteiger partial charge >= 0.3 is 0 Å². The molecule has 0 N–H and O–H groups in total. The number of rotatable bonds is 12. The molecule has 0 aliphatic heterocycles. The van der Waals surface area contributed by atoms with Crippen molar-refractivity contribution in [2.24, 2.45) is 0 Å². The van der Waals surface area contributed by atoms with Crippen molar-refractivity contribution in [2.45, 2.75) is 18.7 Å². The summed E-state index contributed by atoms with van der Waals surface area (Å²) in [6.07, 6.45) is 0. The number of hydrogen-bond donors (Lipinski definition) is 0. The minimum absolute atomic E-state index is 0.146. The molecular weight excluding hydrogens is 334 g/mol. The summed E-state index contributed by atoms with van der Waals surface area (Å²) in [6, 6.07) is 4.54. The third kappa shape index (κ3) is 5.62. The third-order valence-electron chi connectivity index (χ3n) is 3.37. The summed E-state index contributed by atoms with van der Waals surface area (Å²) in [5.41, 5.74) is 0. The first-order chi connectivity index (χ1) is 11.5. The van der Waals surface area contributed by atoms with Gasteiger partial charge in [-0.25, -0.2) is 8.42 Å². The van der Waals surface area contributed by atoms with E-state index in [1.54, 1.807) is 6.07 Å². The lowest BCUT2D eigenvalue weighted by Crippen LogP contribution is -2.36. The van der Waals surface area contributed by atoms with Crippen molar-refractivity contribution in [3.05, 3.63) is 18.2 Å². The maximum atomic E-state index is 12.9. The van der Waals surface area contributed by atoms with E-state index < -0.39 is 10.0 Å². The van der Waals surface area contributed by atoms with E-state index in [4.69, 9.17) is 18.9 Å². The standard InChI is InChI=1S/C16H27NO6S/c1-5-22-11-9-17(10-12-23-6-2)24(18,19)14-7-8-15(20-3)16(13-14)21-4/h7-8,13H,5-6,9-12H2,1-4H3. The molecule has 0 bridgehead atoms. The molecule has 1 aromatic rings. The molecular formula is C16H27NO6S. The zero-order valence-electron chi connectivity index (χ0n) is 14.8. The molecule has 0 spiro atoms. The van der Waals surface area contributed by atoms with Crippen LogP contribution < -0.4 is 9.47 Å². The number of nitrogens with zero attached hydrogens (tertiary/aromatic N) is 1. The molecule has 24 heavy (non-hydrogen) atoms. The van der Waals surface area contributed by atoms with E-state index in [2.05, 4.69) is 0 Å². The minimum atomic E-state index is -3.68. The summed E-state index contributed by atoms with van der Waals surface area (Å²) in [5.74, 6) is 0.847. The second kappa shape index (κ2) is 10.5. The maximum Gasteiger partial charge on any atom is 0.243 e. The van der Waals surface area contributed by atoms with Crippen LogP contribution in [0.3, 0.4) is 0 Å². The third-order valence-corrected chi connectivity index (χ3v) is 5.27. The Bertz CT molecular complexity index is 580. The van der Waals surface area contributed by atoms with E-state index >= 15 is 0 Å².